The Labute approximate surface area is 97.9 Å². The second-order valence-electron chi connectivity index (χ2n) is 4.71. The van der Waals surface area contributed by atoms with Crippen molar-refractivity contribution in [1.29, 1.82) is 0 Å². The van der Waals surface area contributed by atoms with Crippen LogP contribution in [-0.2, 0) is 6.42 Å². The minimum atomic E-state index is -0.352. The molecule has 2 unspecified atom stereocenters. The second-order valence-corrected chi connectivity index (χ2v) is 4.71. The van der Waals surface area contributed by atoms with Crippen LogP contribution in [0.2, 0.25) is 0 Å². The smallest absolute Gasteiger partial charge is 0.0581 e. The summed E-state index contributed by atoms with van der Waals surface area (Å²) < 4.78 is 0. The van der Waals surface area contributed by atoms with Crippen molar-refractivity contribution in [3.05, 3.63) is 34.9 Å². The van der Waals surface area contributed by atoms with Gasteiger partial charge in [-0.2, -0.15) is 0 Å². The molecule has 2 atom stereocenters. The molecule has 2 heteroatoms. The van der Waals surface area contributed by atoms with Crippen molar-refractivity contribution in [3.8, 4) is 0 Å². The summed E-state index contributed by atoms with van der Waals surface area (Å²) in [5, 5.41) is 19.0. The van der Waals surface area contributed by atoms with Gasteiger partial charge in [0.1, 0.15) is 0 Å². The van der Waals surface area contributed by atoms with Gasteiger partial charge in [0.25, 0.3) is 0 Å². The van der Waals surface area contributed by atoms with E-state index in [0.29, 0.717) is 19.3 Å². The van der Waals surface area contributed by atoms with Crippen LogP contribution in [0.4, 0.5) is 0 Å². The first kappa shape index (κ1) is 13.2. The molecule has 2 N–H and O–H groups in total. The van der Waals surface area contributed by atoms with E-state index in [1.807, 2.05) is 0 Å². The molecule has 0 heterocycles. The molecule has 0 radical (unpaired) electrons. The highest BCUT2D eigenvalue weighted by molar-refractivity contribution is 5.30. The zero-order valence-corrected chi connectivity index (χ0v) is 10.4. The van der Waals surface area contributed by atoms with Gasteiger partial charge in [0.2, 0.25) is 0 Å². The van der Waals surface area contributed by atoms with Crippen LogP contribution >= 0.6 is 0 Å². The van der Waals surface area contributed by atoms with Gasteiger partial charge in [-0.3, -0.25) is 0 Å². The largest absolute Gasteiger partial charge is 0.393 e. The van der Waals surface area contributed by atoms with Crippen LogP contribution in [0.3, 0.4) is 0 Å². The van der Waals surface area contributed by atoms with E-state index in [4.69, 9.17) is 5.11 Å². The van der Waals surface area contributed by atoms with E-state index in [2.05, 4.69) is 32.0 Å². The lowest BCUT2D eigenvalue weighted by Crippen LogP contribution is -2.14. The average Bonchev–Trinajstić information content (AvgIpc) is 2.20. The van der Waals surface area contributed by atoms with Crippen LogP contribution in [0.1, 0.15) is 36.5 Å². The number of aliphatic hydroxyl groups is 2. The van der Waals surface area contributed by atoms with Gasteiger partial charge in [0.15, 0.2) is 0 Å². The molecule has 0 saturated carbocycles. The fourth-order valence-corrected chi connectivity index (χ4v) is 1.81. The van der Waals surface area contributed by atoms with Gasteiger partial charge in [0.05, 0.1) is 12.2 Å². The number of hydrogen-bond acceptors (Lipinski definition) is 2. The highest BCUT2D eigenvalue weighted by Crippen LogP contribution is 2.15. The SMILES string of the molecule is Cc1ccc(C)c(CC(O)CCC(C)O)c1. The van der Waals surface area contributed by atoms with Crippen molar-refractivity contribution >= 4 is 0 Å². The fourth-order valence-electron chi connectivity index (χ4n) is 1.81. The number of aryl methyl sites for hydroxylation is 2. The summed E-state index contributed by atoms with van der Waals surface area (Å²) >= 11 is 0. The molecule has 16 heavy (non-hydrogen) atoms. The Hall–Kier alpha value is -0.860. The lowest BCUT2D eigenvalue weighted by molar-refractivity contribution is 0.122. The first-order chi connectivity index (χ1) is 7.49. The second kappa shape index (κ2) is 6.02. The number of rotatable bonds is 5. The van der Waals surface area contributed by atoms with Gasteiger partial charge in [-0.05, 0) is 51.2 Å². The van der Waals surface area contributed by atoms with E-state index in [0.717, 1.165) is 0 Å². The molecule has 0 spiro atoms. The van der Waals surface area contributed by atoms with Gasteiger partial charge < -0.3 is 10.2 Å². The molecule has 0 aromatic heterocycles. The topological polar surface area (TPSA) is 40.5 Å². The van der Waals surface area contributed by atoms with Crippen molar-refractivity contribution in [2.24, 2.45) is 0 Å². The molecule has 0 amide bonds. The maximum absolute atomic E-state index is 9.86. The molecule has 0 fully saturated rings. The first-order valence-electron chi connectivity index (χ1n) is 5.91. The Bertz CT molecular complexity index is 332. The van der Waals surface area contributed by atoms with E-state index in [1.54, 1.807) is 6.92 Å². The first-order valence-corrected chi connectivity index (χ1v) is 5.91. The van der Waals surface area contributed by atoms with Crippen molar-refractivity contribution in [2.45, 2.75) is 52.2 Å². The molecule has 0 aliphatic heterocycles. The molecular weight excluding hydrogens is 200 g/mol. The lowest BCUT2D eigenvalue weighted by atomic mass is 9.98. The Morgan fingerprint density at radius 1 is 1.12 bits per heavy atom. The predicted octanol–water partition coefficient (Wildman–Crippen LogP) is 2.37. The van der Waals surface area contributed by atoms with E-state index in [1.165, 1.54) is 16.7 Å². The van der Waals surface area contributed by atoms with Crippen LogP contribution in [-0.4, -0.2) is 22.4 Å². The molecule has 0 aliphatic rings. The molecule has 1 rings (SSSR count). The summed E-state index contributed by atoms with van der Waals surface area (Å²) in [5.74, 6) is 0. The minimum Gasteiger partial charge on any atom is -0.393 e. The summed E-state index contributed by atoms with van der Waals surface area (Å²) in [6, 6.07) is 6.30. The van der Waals surface area contributed by atoms with E-state index < -0.39 is 0 Å². The fraction of sp³-hybridized carbons (Fsp3) is 0.571. The van der Waals surface area contributed by atoms with Gasteiger partial charge in [-0.1, -0.05) is 23.8 Å². The van der Waals surface area contributed by atoms with Crippen LogP contribution in [0.15, 0.2) is 18.2 Å². The zero-order valence-electron chi connectivity index (χ0n) is 10.4. The average molecular weight is 222 g/mol. The van der Waals surface area contributed by atoms with E-state index >= 15 is 0 Å². The summed E-state index contributed by atoms with van der Waals surface area (Å²) in [6.45, 7) is 5.88. The van der Waals surface area contributed by atoms with Crippen LogP contribution in [0.5, 0.6) is 0 Å². The number of benzene rings is 1. The van der Waals surface area contributed by atoms with Crippen molar-refractivity contribution in [2.75, 3.05) is 0 Å². The van der Waals surface area contributed by atoms with E-state index in [9.17, 15) is 5.11 Å². The Morgan fingerprint density at radius 3 is 2.44 bits per heavy atom. The third-order valence-electron chi connectivity index (χ3n) is 2.88. The summed E-state index contributed by atoms with van der Waals surface area (Å²) in [7, 11) is 0. The Morgan fingerprint density at radius 2 is 1.81 bits per heavy atom. The number of hydrogen-bond donors (Lipinski definition) is 2. The van der Waals surface area contributed by atoms with Crippen LogP contribution in [0, 0.1) is 13.8 Å². The number of aliphatic hydroxyl groups excluding tert-OH is 2. The van der Waals surface area contributed by atoms with Crippen LogP contribution < -0.4 is 0 Å². The van der Waals surface area contributed by atoms with Crippen molar-refractivity contribution < 1.29 is 10.2 Å². The lowest BCUT2D eigenvalue weighted by Gasteiger charge is -2.14. The van der Waals surface area contributed by atoms with E-state index in [-0.39, 0.29) is 12.2 Å². The van der Waals surface area contributed by atoms with Gasteiger partial charge in [-0.15, -0.1) is 0 Å². The summed E-state index contributed by atoms with van der Waals surface area (Å²) in [6.07, 6.45) is 1.32. The monoisotopic (exact) mass is 222 g/mol. The Kier molecular flexibility index (Phi) is 4.97. The molecule has 1 aromatic carbocycles. The predicted molar refractivity (Wildman–Crippen MR) is 66.5 cm³/mol. The Balaban J connectivity index is 2.55. The highest BCUT2D eigenvalue weighted by Gasteiger charge is 2.09. The van der Waals surface area contributed by atoms with Crippen molar-refractivity contribution in [1.82, 2.24) is 0 Å². The molecule has 0 bridgehead atoms. The van der Waals surface area contributed by atoms with Gasteiger partial charge >= 0.3 is 0 Å². The quantitative estimate of drug-likeness (QED) is 0.803. The standard InChI is InChI=1S/C14H22O2/c1-10-4-5-11(2)13(8-10)9-14(16)7-6-12(3)15/h4-5,8,12,14-16H,6-7,9H2,1-3H3. The molecular formula is C14H22O2. The molecule has 1 aromatic rings. The third-order valence-corrected chi connectivity index (χ3v) is 2.88. The molecule has 2 nitrogen and oxygen atoms in total. The maximum atomic E-state index is 9.86. The van der Waals surface area contributed by atoms with Gasteiger partial charge in [0, 0.05) is 0 Å². The van der Waals surface area contributed by atoms with Gasteiger partial charge in [-0.25, -0.2) is 0 Å². The summed E-state index contributed by atoms with van der Waals surface area (Å²) in [5.41, 5.74) is 3.66. The maximum Gasteiger partial charge on any atom is 0.0581 e. The zero-order chi connectivity index (χ0) is 12.1. The molecule has 90 valence electrons. The van der Waals surface area contributed by atoms with Crippen LogP contribution in [0.25, 0.3) is 0 Å². The summed E-state index contributed by atoms with van der Waals surface area (Å²) in [4.78, 5) is 0. The third kappa shape index (κ3) is 4.33. The molecule has 0 aliphatic carbocycles. The van der Waals surface area contributed by atoms with Crippen molar-refractivity contribution in [3.63, 3.8) is 0 Å². The minimum absolute atomic E-state index is 0.326. The highest BCUT2D eigenvalue weighted by atomic mass is 16.3. The molecule has 0 saturated heterocycles. The normalized spacial score (nSPS) is 14.8.